The van der Waals surface area contributed by atoms with E-state index in [4.69, 9.17) is 0 Å². The Bertz CT molecular complexity index is 274. The highest BCUT2D eigenvalue weighted by Crippen LogP contribution is 2.41. The molecule has 22 heavy (non-hydrogen) atoms. The standard InChI is InChI=1S/C20H34.C2H6.2H2/c1-3-5-7-17-9-13-19(14-10-17)20-15-11-18(12-16-20)8-6-4-2;1-2;;/h5-8,17-20H,3-4,9-16H2,1-2H3;1-2H3;2*1H/b7-5+,8-6+;;;. The van der Waals surface area contributed by atoms with Gasteiger partial charge in [0.2, 0.25) is 0 Å². The molecular formula is C22H44. The molecule has 132 valence electrons. The Hall–Kier alpha value is -0.520. The van der Waals surface area contributed by atoms with Crippen molar-refractivity contribution in [1.82, 2.24) is 0 Å². The van der Waals surface area contributed by atoms with Gasteiger partial charge in [-0.25, -0.2) is 0 Å². The van der Waals surface area contributed by atoms with Crippen LogP contribution < -0.4 is 0 Å². The van der Waals surface area contributed by atoms with Crippen LogP contribution in [-0.4, -0.2) is 0 Å². The molecule has 0 nitrogen and oxygen atoms in total. The maximum Gasteiger partial charge on any atom is 0 e. The summed E-state index contributed by atoms with van der Waals surface area (Å²) in [5, 5.41) is 0. The first-order chi connectivity index (χ1) is 10.8. The SMILES string of the molecule is CC.CC/C=C/C1CCC(C2CCC(/C=C/CC)CC2)CC1.[HH].[HH]. The van der Waals surface area contributed by atoms with Crippen molar-refractivity contribution in [2.75, 3.05) is 0 Å². The van der Waals surface area contributed by atoms with Crippen molar-refractivity contribution in [3.05, 3.63) is 24.3 Å². The van der Waals surface area contributed by atoms with Crippen molar-refractivity contribution in [2.24, 2.45) is 23.7 Å². The summed E-state index contributed by atoms with van der Waals surface area (Å²) in [5.74, 6) is 3.90. The van der Waals surface area contributed by atoms with Crippen molar-refractivity contribution in [1.29, 1.82) is 0 Å². The largest absolute Gasteiger partial charge is 0.0885 e. The van der Waals surface area contributed by atoms with Gasteiger partial charge in [0.25, 0.3) is 0 Å². The zero-order valence-corrected chi connectivity index (χ0v) is 15.7. The van der Waals surface area contributed by atoms with Crippen molar-refractivity contribution in [3.63, 3.8) is 0 Å². The fourth-order valence-electron chi connectivity index (χ4n) is 4.27. The van der Waals surface area contributed by atoms with E-state index in [-0.39, 0.29) is 2.85 Å². The van der Waals surface area contributed by atoms with Gasteiger partial charge in [-0.1, -0.05) is 52.0 Å². The molecule has 0 amide bonds. The van der Waals surface area contributed by atoms with E-state index in [9.17, 15) is 0 Å². The summed E-state index contributed by atoms with van der Waals surface area (Å²) < 4.78 is 0. The minimum absolute atomic E-state index is 0. The number of allylic oxidation sites excluding steroid dienone is 4. The summed E-state index contributed by atoms with van der Waals surface area (Å²) in [6, 6.07) is 0. The third-order valence-electron chi connectivity index (χ3n) is 5.59. The smallest absolute Gasteiger partial charge is 0 e. The highest BCUT2D eigenvalue weighted by Gasteiger charge is 2.29. The molecule has 0 aliphatic heterocycles. The lowest BCUT2D eigenvalue weighted by molar-refractivity contribution is 0.166. The fraction of sp³-hybridized carbons (Fsp3) is 0.818. The Morgan fingerprint density at radius 3 is 1.23 bits per heavy atom. The third-order valence-corrected chi connectivity index (χ3v) is 5.59. The van der Waals surface area contributed by atoms with E-state index in [0.717, 1.165) is 23.7 Å². The zero-order valence-electron chi connectivity index (χ0n) is 15.7. The van der Waals surface area contributed by atoms with E-state index in [1.54, 1.807) is 0 Å². The van der Waals surface area contributed by atoms with Crippen LogP contribution in [0.15, 0.2) is 24.3 Å². The normalized spacial score (nSPS) is 32.9. The lowest BCUT2D eigenvalue weighted by Gasteiger charge is -2.37. The molecule has 0 bridgehead atoms. The van der Waals surface area contributed by atoms with Crippen LogP contribution in [-0.2, 0) is 0 Å². The van der Waals surface area contributed by atoms with E-state index < -0.39 is 0 Å². The Labute approximate surface area is 143 Å². The van der Waals surface area contributed by atoms with Crippen LogP contribution in [0.2, 0.25) is 0 Å². The van der Waals surface area contributed by atoms with E-state index in [1.807, 2.05) is 13.8 Å². The van der Waals surface area contributed by atoms with E-state index >= 15 is 0 Å². The predicted octanol–water partition coefficient (Wildman–Crippen LogP) is 8.05. The number of hydrogen-bond acceptors (Lipinski definition) is 0. The minimum atomic E-state index is 0. The van der Waals surface area contributed by atoms with Crippen LogP contribution in [0.3, 0.4) is 0 Å². The monoisotopic (exact) mass is 308 g/mol. The van der Waals surface area contributed by atoms with Gasteiger partial charge in [0.1, 0.15) is 0 Å². The molecule has 0 heteroatoms. The zero-order chi connectivity index (χ0) is 16.2. The van der Waals surface area contributed by atoms with Crippen LogP contribution in [0, 0.1) is 23.7 Å². The molecule has 0 aromatic rings. The molecule has 0 spiro atoms. The second-order valence-electron chi connectivity index (χ2n) is 7.02. The molecule has 0 aromatic heterocycles. The van der Waals surface area contributed by atoms with Crippen LogP contribution in [0.4, 0.5) is 0 Å². The maximum atomic E-state index is 2.49. The van der Waals surface area contributed by atoms with Gasteiger partial charge in [0.05, 0.1) is 0 Å². The van der Waals surface area contributed by atoms with Crippen LogP contribution in [0.5, 0.6) is 0 Å². The number of rotatable bonds is 5. The van der Waals surface area contributed by atoms with E-state index in [2.05, 4.69) is 38.2 Å². The molecular weight excluding hydrogens is 264 g/mol. The van der Waals surface area contributed by atoms with Crippen LogP contribution in [0.1, 0.15) is 94.8 Å². The maximum absolute atomic E-state index is 2.49. The molecule has 0 heterocycles. The molecule has 2 aliphatic carbocycles. The van der Waals surface area contributed by atoms with Gasteiger partial charge in [-0.15, -0.1) is 0 Å². The summed E-state index contributed by atoms with van der Waals surface area (Å²) >= 11 is 0. The first-order valence-corrected chi connectivity index (χ1v) is 10.2. The van der Waals surface area contributed by atoms with E-state index in [1.165, 1.54) is 64.2 Å². The molecule has 0 radical (unpaired) electrons. The highest BCUT2D eigenvalue weighted by atomic mass is 14.3. The lowest BCUT2D eigenvalue weighted by Crippen LogP contribution is -2.25. The van der Waals surface area contributed by atoms with Gasteiger partial charge in [0, 0.05) is 2.85 Å². The van der Waals surface area contributed by atoms with Gasteiger partial charge in [-0.05, 0) is 87.9 Å². The Morgan fingerprint density at radius 1 is 0.636 bits per heavy atom. The fourth-order valence-corrected chi connectivity index (χ4v) is 4.27. The topological polar surface area (TPSA) is 0 Å². The summed E-state index contributed by atoms with van der Waals surface area (Å²) in [6.07, 6.45) is 23.9. The number of hydrogen-bond donors (Lipinski definition) is 0. The average Bonchev–Trinajstić information content (AvgIpc) is 2.61. The molecule has 2 rings (SSSR count). The quantitative estimate of drug-likeness (QED) is 0.451. The second-order valence-corrected chi connectivity index (χ2v) is 7.02. The molecule has 2 aliphatic rings. The van der Waals surface area contributed by atoms with Crippen LogP contribution >= 0.6 is 0 Å². The van der Waals surface area contributed by atoms with Gasteiger partial charge >= 0.3 is 0 Å². The van der Waals surface area contributed by atoms with Gasteiger partial charge < -0.3 is 0 Å². The Balaban J connectivity index is 0. The third kappa shape index (κ3) is 6.71. The Kier molecular flexibility index (Phi) is 10.6. The van der Waals surface area contributed by atoms with Gasteiger partial charge in [-0.3, -0.25) is 0 Å². The second kappa shape index (κ2) is 12.0. The highest BCUT2D eigenvalue weighted by molar-refractivity contribution is 4.94. The average molecular weight is 309 g/mol. The predicted molar refractivity (Wildman–Crippen MR) is 105 cm³/mol. The van der Waals surface area contributed by atoms with E-state index in [0.29, 0.717) is 0 Å². The lowest BCUT2D eigenvalue weighted by atomic mass is 9.69. The molecule has 2 saturated carbocycles. The summed E-state index contributed by atoms with van der Waals surface area (Å²) in [4.78, 5) is 0. The van der Waals surface area contributed by atoms with Crippen LogP contribution in [0.25, 0.3) is 0 Å². The molecule has 0 saturated heterocycles. The molecule has 2 fully saturated rings. The first-order valence-electron chi connectivity index (χ1n) is 10.2. The molecule has 0 aromatic carbocycles. The van der Waals surface area contributed by atoms with Crippen molar-refractivity contribution in [3.8, 4) is 0 Å². The molecule has 0 N–H and O–H groups in total. The molecule has 0 atom stereocenters. The van der Waals surface area contributed by atoms with Crippen molar-refractivity contribution < 1.29 is 2.85 Å². The summed E-state index contributed by atoms with van der Waals surface area (Å²) in [6.45, 7) is 8.49. The molecule has 0 unspecified atom stereocenters. The minimum Gasteiger partial charge on any atom is -0.0885 e. The first kappa shape index (κ1) is 19.5. The van der Waals surface area contributed by atoms with Gasteiger partial charge in [0.15, 0.2) is 0 Å². The summed E-state index contributed by atoms with van der Waals surface area (Å²) in [5.41, 5.74) is 0. The van der Waals surface area contributed by atoms with Crippen molar-refractivity contribution >= 4 is 0 Å². The summed E-state index contributed by atoms with van der Waals surface area (Å²) in [7, 11) is 0. The van der Waals surface area contributed by atoms with Gasteiger partial charge in [-0.2, -0.15) is 0 Å². The Morgan fingerprint density at radius 2 is 0.955 bits per heavy atom. The van der Waals surface area contributed by atoms with Crippen molar-refractivity contribution in [2.45, 2.75) is 91.9 Å².